The Morgan fingerprint density at radius 1 is 1.25 bits per heavy atom. The average molecular weight is 342 g/mol. The average Bonchev–Trinajstić information content (AvgIpc) is 2.98. The summed E-state index contributed by atoms with van der Waals surface area (Å²) in [4.78, 5) is 20.5. The zero-order chi connectivity index (χ0) is 16.7. The zero-order valence-corrected chi connectivity index (χ0v) is 14.9. The van der Waals surface area contributed by atoms with Gasteiger partial charge in [0.05, 0.1) is 29.8 Å². The Hall–Kier alpha value is -1.72. The fourth-order valence-electron chi connectivity index (χ4n) is 3.61. The van der Waals surface area contributed by atoms with Crippen molar-refractivity contribution in [1.29, 1.82) is 0 Å². The van der Waals surface area contributed by atoms with Crippen molar-refractivity contribution in [3.05, 3.63) is 46.5 Å². The topological polar surface area (TPSA) is 42.4 Å². The molecule has 1 saturated heterocycles. The monoisotopic (exact) mass is 342 g/mol. The van der Waals surface area contributed by atoms with Gasteiger partial charge in [-0.3, -0.25) is 4.79 Å². The number of nitrogens with zero attached hydrogens (tertiary/aromatic N) is 2. The molecule has 1 aromatic carbocycles. The largest absolute Gasteiger partial charge is 0.377 e. The first-order chi connectivity index (χ1) is 11.5. The minimum Gasteiger partial charge on any atom is -0.377 e. The molecule has 5 heteroatoms. The van der Waals surface area contributed by atoms with E-state index >= 15 is 0 Å². The summed E-state index contributed by atoms with van der Waals surface area (Å²) in [5, 5.41) is 0.961. The normalized spacial score (nSPS) is 23.2. The van der Waals surface area contributed by atoms with Crippen LogP contribution < -0.4 is 4.90 Å². The van der Waals surface area contributed by atoms with Crippen molar-refractivity contribution in [1.82, 2.24) is 4.98 Å². The van der Waals surface area contributed by atoms with Crippen LogP contribution in [0.1, 0.15) is 47.2 Å². The summed E-state index contributed by atoms with van der Waals surface area (Å²) in [6, 6.07) is 10.6. The SMILES string of the molecule is CC1(C)CC(=O)c2sc(N3CCOC[C@@H]3c3ccccc3)nc2C1. The van der Waals surface area contributed by atoms with Gasteiger partial charge in [0.15, 0.2) is 10.9 Å². The summed E-state index contributed by atoms with van der Waals surface area (Å²) in [7, 11) is 0. The molecule has 1 atom stereocenters. The molecular weight excluding hydrogens is 320 g/mol. The van der Waals surface area contributed by atoms with Gasteiger partial charge in [-0.1, -0.05) is 55.5 Å². The number of Topliss-reactive ketones (excluding diaryl/α,β-unsaturated/α-hetero) is 1. The minimum atomic E-state index is 0.0132. The Bertz CT molecular complexity index is 754. The van der Waals surface area contributed by atoms with E-state index in [0.29, 0.717) is 19.6 Å². The first-order valence-corrected chi connectivity index (χ1v) is 9.27. The van der Waals surface area contributed by atoms with E-state index in [2.05, 4.69) is 43.0 Å². The molecular formula is C19H22N2O2S. The van der Waals surface area contributed by atoms with E-state index in [1.807, 2.05) is 6.07 Å². The van der Waals surface area contributed by atoms with Crippen LogP contribution >= 0.6 is 11.3 Å². The molecule has 1 aliphatic carbocycles. The second kappa shape index (κ2) is 5.97. The standard InChI is InChI=1S/C19H22N2O2S/c1-19(2)10-14-17(16(22)11-19)24-18(20-14)21-8-9-23-12-15(21)13-6-4-3-5-7-13/h3-7,15H,8-12H2,1-2H3/t15-/m1/s1. The Kier molecular flexibility index (Phi) is 3.93. The number of hydrogen-bond donors (Lipinski definition) is 0. The number of carbonyl (C=O) groups is 1. The predicted octanol–water partition coefficient (Wildman–Crippen LogP) is 3.88. The van der Waals surface area contributed by atoms with Crippen LogP contribution in [0.4, 0.5) is 5.13 Å². The quantitative estimate of drug-likeness (QED) is 0.831. The fraction of sp³-hybridized carbons (Fsp3) is 0.474. The number of ether oxygens (including phenoxy) is 1. The summed E-state index contributed by atoms with van der Waals surface area (Å²) in [6.45, 7) is 6.47. The van der Waals surface area contributed by atoms with Crippen molar-refractivity contribution in [3.8, 4) is 0 Å². The molecule has 0 amide bonds. The Balaban J connectivity index is 1.69. The van der Waals surface area contributed by atoms with Crippen LogP contribution in [-0.2, 0) is 11.2 Å². The second-order valence-corrected chi connectivity index (χ2v) is 8.39. The van der Waals surface area contributed by atoms with E-state index in [9.17, 15) is 4.79 Å². The molecule has 0 unspecified atom stereocenters. The van der Waals surface area contributed by atoms with Crippen LogP contribution in [0.15, 0.2) is 30.3 Å². The highest BCUT2D eigenvalue weighted by molar-refractivity contribution is 7.17. The third-order valence-corrected chi connectivity index (χ3v) is 5.96. The third kappa shape index (κ3) is 2.87. The number of aromatic nitrogens is 1. The van der Waals surface area contributed by atoms with E-state index in [-0.39, 0.29) is 17.2 Å². The summed E-state index contributed by atoms with van der Waals surface area (Å²) < 4.78 is 5.71. The number of hydrogen-bond acceptors (Lipinski definition) is 5. The number of carbonyl (C=O) groups excluding carboxylic acids is 1. The van der Waals surface area contributed by atoms with Gasteiger partial charge < -0.3 is 9.64 Å². The van der Waals surface area contributed by atoms with E-state index in [1.54, 1.807) is 11.3 Å². The lowest BCUT2D eigenvalue weighted by molar-refractivity contribution is 0.0914. The number of morpholine rings is 1. The zero-order valence-electron chi connectivity index (χ0n) is 14.1. The van der Waals surface area contributed by atoms with Crippen molar-refractivity contribution in [2.75, 3.05) is 24.7 Å². The second-order valence-electron chi connectivity index (χ2n) is 7.41. The van der Waals surface area contributed by atoms with Crippen LogP contribution in [-0.4, -0.2) is 30.5 Å². The maximum Gasteiger partial charge on any atom is 0.186 e. The van der Waals surface area contributed by atoms with Gasteiger partial charge >= 0.3 is 0 Å². The molecule has 4 nitrogen and oxygen atoms in total. The lowest BCUT2D eigenvalue weighted by atomic mass is 9.78. The lowest BCUT2D eigenvalue weighted by Gasteiger charge is -2.35. The number of thiazole rings is 1. The molecule has 0 spiro atoms. The summed E-state index contributed by atoms with van der Waals surface area (Å²) in [5.41, 5.74) is 2.23. The maximum atomic E-state index is 12.5. The molecule has 0 N–H and O–H groups in total. The van der Waals surface area contributed by atoms with Crippen molar-refractivity contribution >= 4 is 22.3 Å². The molecule has 24 heavy (non-hydrogen) atoms. The van der Waals surface area contributed by atoms with Crippen LogP contribution in [0.25, 0.3) is 0 Å². The molecule has 2 aromatic rings. The van der Waals surface area contributed by atoms with Gasteiger partial charge in [0.1, 0.15) is 0 Å². The number of fused-ring (bicyclic) bond motifs is 1. The number of benzene rings is 1. The van der Waals surface area contributed by atoms with Gasteiger partial charge in [0, 0.05) is 13.0 Å². The van der Waals surface area contributed by atoms with Crippen LogP contribution in [0.3, 0.4) is 0 Å². The molecule has 0 saturated carbocycles. The fourth-order valence-corrected chi connectivity index (χ4v) is 4.71. The number of anilines is 1. The van der Waals surface area contributed by atoms with E-state index in [4.69, 9.17) is 9.72 Å². The molecule has 4 rings (SSSR count). The molecule has 2 heterocycles. The maximum absolute atomic E-state index is 12.5. The van der Waals surface area contributed by atoms with Crippen LogP contribution in [0.2, 0.25) is 0 Å². The first kappa shape index (κ1) is 15.8. The predicted molar refractivity (Wildman–Crippen MR) is 95.9 cm³/mol. The lowest BCUT2D eigenvalue weighted by Crippen LogP contribution is -2.39. The Morgan fingerprint density at radius 2 is 2.04 bits per heavy atom. The van der Waals surface area contributed by atoms with Gasteiger partial charge in [-0.05, 0) is 17.4 Å². The molecule has 0 bridgehead atoms. The van der Waals surface area contributed by atoms with E-state index in [1.165, 1.54) is 5.56 Å². The van der Waals surface area contributed by atoms with Crippen molar-refractivity contribution < 1.29 is 9.53 Å². The summed E-state index contributed by atoms with van der Waals surface area (Å²) in [6.07, 6.45) is 1.50. The molecule has 2 aliphatic rings. The first-order valence-electron chi connectivity index (χ1n) is 8.46. The third-order valence-electron chi connectivity index (χ3n) is 4.78. The van der Waals surface area contributed by atoms with Gasteiger partial charge in [-0.2, -0.15) is 0 Å². The highest BCUT2D eigenvalue weighted by atomic mass is 32.1. The Morgan fingerprint density at radius 3 is 2.83 bits per heavy atom. The highest BCUT2D eigenvalue weighted by Gasteiger charge is 2.36. The van der Waals surface area contributed by atoms with Gasteiger partial charge in [0.2, 0.25) is 0 Å². The van der Waals surface area contributed by atoms with Crippen LogP contribution in [0, 0.1) is 5.41 Å². The van der Waals surface area contributed by atoms with Crippen molar-refractivity contribution in [3.63, 3.8) is 0 Å². The van der Waals surface area contributed by atoms with Crippen molar-refractivity contribution in [2.45, 2.75) is 32.7 Å². The molecule has 126 valence electrons. The minimum absolute atomic E-state index is 0.0132. The number of ketones is 1. The molecule has 1 aromatic heterocycles. The molecule has 1 aliphatic heterocycles. The van der Waals surface area contributed by atoms with E-state index in [0.717, 1.165) is 28.7 Å². The van der Waals surface area contributed by atoms with Crippen LogP contribution in [0.5, 0.6) is 0 Å². The van der Waals surface area contributed by atoms with Gasteiger partial charge in [-0.15, -0.1) is 0 Å². The van der Waals surface area contributed by atoms with Gasteiger partial charge in [-0.25, -0.2) is 4.98 Å². The van der Waals surface area contributed by atoms with Gasteiger partial charge in [0.25, 0.3) is 0 Å². The summed E-state index contributed by atoms with van der Waals surface area (Å²) >= 11 is 1.56. The number of rotatable bonds is 2. The van der Waals surface area contributed by atoms with E-state index < -0.39 is 0 Å². The highest BCUT2D eigenvalue weighted by Crippen LogP contribution is 2.41. The smallest absolute Gasteiger partial charge is 0.186 e. The molecule has 1 fully saturated rings. The molecule has 0 radical (unpaired) electrons. The Labute approximate surface area is 146 Å². The van der Waals surface area contributed by atoms with Crippen molar-refractivity contribution in [2.24, 2.45) is 5.41 Å². The summed E-state index contributed by atoms with van der Waals surface area (Å²) in [5.74, 6) is 0.245.